The number of ether oxygens (including phenoxy) is 1. The zero-order chi connectivity index (χ0) is 23.4. The van der Waals surface area contributed by atoms with Crippen LogP contribution in [0.2, 0.25) is 0 Å². The van der Waals surface area contributed by atoms with Crippen LogP contribution < -0.4 is 4.90 Å². The van der Waals surface area contributed by atoms with Crippen LogP contribution in [0, 0.1) is 18.7 Å². The quantitative estimate of drug-likeness (QED) is 0.619. The molecule has 1 aliphatic carbocycles. The van der Waals surface area contributed by atoms with Gasteiger partial charge in [-0.05, 0) is 67.6 Å². The van der Waals surface area contributed by atoms with Crippen molar-refractivity contribution in [1.82, 2.24) is 9.88 Å². The molecule has 0 amide bonds. The number of halogens is 1. The molecule has 3 aromatic rings. The van der Waals surface area contributed by atoms with E-state index < -0.39 is 5.97 Å². The lowest BCUT2D eigenvalue weighted by atomic mass is 10.1. The molecule has 34 heavy (non-hydrogen) atoms. The Morgan fingerprint density at radius 3 is 2.79 bits per heavy atom. The molecule has 0 radical (unpaired) electrons. The number of aliphatic carboxylic acids is 1. The average molecular weight is 466 g/mol. The molecular formula is C26H28FN3O4. The van der Waals surface area contributed by atoms with Crippen LogP contribution in [0.15, 0.2) is 28.7 Å². The number of nitrogens with zero attached hydrogens (tertiary/aromatic N) is 3. The fourth-order valence-corrected chi connectivity index (χ4v) is 5.84. The Hall–Kier alpha value is -2.97. The molecule has 8 heteroatoms. The van der Waals surface area contributed by atoms with E-state index in [1.807, 2.05) is 25.1 Å². The molecular weight excluding hydrogens is 437 g/mol. The van der Waals surface area contributed by atoms with Crippen molar-refractivity contribution in [2.75, 3.05) is 44.3 Å². The second-order valence-electron chi connectivity index (χ2n) is 9.55. The van der Waals surface area contributed by atoms with Crippen molar-refractivity contribution in [1.29, 1.82) is 0 Å². The third-order valence-corrected chi connectivity index (χ3v) is 7.68. The summed E-state index contributed by atoms with van der Waals surface area (Å²) in [5.74, 6) is -1.00. The second-order valence-corrected chi connectivity index (χ2v) is 9.55. The highest BCUT2D eigenvalue weighted by molar-refractivity contribution is 5.81. The Bertz CT molecular complexity index is 1270. The van der Waals surface area contributed by atoms with Crippen LogP contribution in [0.4, 0.5) is 10.1 Å². The Kier molecular flexibility index (Phi) is 5.30. The number of anilines is 1. The maximum Gasteiger partial charge on any atom is 0.307 e. The molecule has 0 spiro atoms. The third-order valence-electron chi connectivity index (χ3n) is 7.68. The molecule has 178 valence electrons. The first-order valence-corrected chi connectivity index (χ1v) is 12.0. The normalized spacial score (nSPS) is 23.1. The van der Waals surface area contributed by atoms with Crippen molar-refractivity contribution in [3.05, 3.63) is 46.8 Å². The molecule has 2 fully saturated rings. The number of morpholine rings is 1. The molecule has 3 heterocycles. The van der Waals surface area contributed by atoms with E-state index in [4.69, 9.17) is 14.1 Å². The van der Waals surface area contributed by atoms with Gasteiger partial charge in [0.25, 0.3) is 0 Å². The summed E-state index contributed by atoms with van der Waals surface area (Å²) in [5.41, 5.74) is 5.36. The van der Waals surface area contributed by atoms with Gasteiger partial charge < -0.3 is 19.2 Å². The number of hydrogen-bond donors (Lipinski definition) is 1. The summed E-state index contributed by atoms with van der Waals surface area (Å²) in [4.78, 5) is 20.6. The number of carboxylic acids is 1. The van der Waals surface area contributed by atoms with Crippen molar-refractivity contribution < 1.29 is 23.4 Å². The summed E-state index contributed by atoms with van der Waals surface area (Å²) in [5, 5.41) is 9.37. The van der Waals surface area contributed by atoms with Gasteiger partial charge in [0, 0.05) is 36.9 Å². The van der Waals surface area contributed by atoms with Crippen molar-refractivity contribution in [2.45, 2.75) is 32.2 Å². The van der Waals surface area contributed by atoms with Gasteiger partial charge in [0.1, 0.15) is 5.52 Å². The Labute approximate surface area is 197 Å². The molecule has 2 aromatic carbocycles. The van der Waals surface area contributed by atoms with Crippen molar-refractivity contribution >= 4 is 22.8 Å². The first-order chi connectivity index (χ1) is 16.5. The predicted octanol–water partition coefficient (Wildman–Crippen LogP) is 4.17. The minimum atomic E-state index is -0.752. The molecule has 3 aliphatic rings. The number of likely N-dealkylation sites (tertiary alicyclic amines) is 1. The topological polar surface area (TPSA) is 79.0 Å². The van der Waals surface area contributed by atoms with E-state index in [-0.39, 0.29) is 23.4 Å². The maximum absolute atomic E-state index is 15.6. The van der Waals surface area contributed by atoms with Gasteiger partial charge in [-0.15, -0.1) is 0 Å². The van der Waals surface area contributed by atoms with Gasteiger partial charge >= 0.3 is 5.97 Å². The Morgan fingerprint density at radius 2 is 2.03 bits per heavy atom. The maximum atomic E-state index is 15.6. The van der Waals surface area contributed by atoms with E-state index in [0.29, 0.717) is 49.6 Å². The average Bonchev–Trinajstić information content (AvgIpc) is 3.58. The summed E-state index contributed by atoms with van der Waals surface area (Å²) >= 11 is 0. The number of fused-ring (bicyclic) bond motifs is 2. The van der Waals surface area contributed by atoms with E-state index in [0.717, 1.165) is 48.4 Å². The molecule has 2 aliphatic heterocycles. The number of carboxylic acid groups (broad SMARTS) is 1. The summed E-state index contributed by atoms with van der Waals surface area (Å²) in [6, 6.07) is 8.03. The summed E-state index contributed by atoms with van der Waals surface area (Å²) in [6.45, 7) is 6.35. The lowest BCUT2D eigenvalue weighted by Gasteiger charge is -2.30. The smallest absolute Gasteiger partial charge is 0.307 e. The zero-order valence-electron chi connectivity index (χ0n) is 19.2. The molecule has 2 atom stereocenters. The van der Waals surface area contributed by atoms with Gasteiger partial charge in [0.2, 0.25) is 5.89 Å². The van der Waals surface area contributed by atoms with Gasteiger partial charge in [-0.3, -0.25) is 9.69 Å². The summed E-state index contributed by atoms with van der Waals surface area (Å²) in [6.07, 6.45) is 2.05. The van der Waals surface area contributed by atoms with Gasteiger partial charge in [0.05, 0.1) is 19.1 Å². The minimum Gasteiger partial charge on any atom is -0.481 e. The lowest BCUT2D eigenvalue weighted by Crippen LogP contribution is -2.36. The van der Waals surface area contributed by atoms with Crippen molar-refractivity contribution in [3.8, 4) is 11.5 Å². The first-order valence-electron chi connectivity index (χ1n) is 12.0. The standard InChI is InChI=1S/C26H28FN3O4/c1-15-17(3-2-4-21(15)29-9-11-33-12-10-29)25-28-20-13-19-18(23(27)24(20)34-25)5-6-22(19)30-8-7-16(14-30)26(31)32/h2-4,13,16,22H,5-12,14H2,1H3,(H,31,32). The monoisotopic (exact) mass is 465 g/mol. The SMILES string of the molecule is Cc1c(-c2nc3cc4c(c(F)c3o2)CCC4N2CCC(C(=O)O)C2)cccc1N1CCOCC1. The summed E-state index contributed by atoms with van der Waals surface area (Å²) in [7, 11) is 0. The molecule has 2 unspecified atom stereocenters. The van der Waals surface area contributed by atoms with E-state index in [1.54, 1.807) is 0 Å². The van der Waals surface area contributed by atoms with Gasteiger partial charge in [-0.25, -0.2) is 9.37 Å². The number of hydrogen-bond acceptors (Lipinski definition) is 6. The Morgan fingerprint density at radius 1 is 1.21 bits per heavy atom. The van der Waals surface area contributed by atoms with Gasteiger partial charge in [0.15, 0.2) is 11.4 Å². The van der Waals surface area contributed by atoms with E-state index in [1.165, 1.54) is 0 Å². The lowest BCUT2D eigenvalue weighted by molar-refractivity contribution is -0.141. The van der Waals surface area contributed by atoms with E-state index in [2.05, 4.69) is 15.9 Å². The van der Waals surface area contributed by atoms with Crippen LogP contribution in [0.5, 0.6) is 0 Å². The van der Waals surface area contributed by atoms with Crippen LogP contribution in [-0.4, -0.2) is 60.4 Å². The van der Waals surface area contributed by atoms with Crippen molar-refractivity contribution in [2.24, 2.45) is 5.92 Å². The molecule has 0 saturated carbocycles. The third kappa shape index (κ3) is 3.47. The predicted molar refractivity (Wildman–Crippen MR) is 126 cm³/mol. The second kappa shape index (κ2) is 8.36. The minimum absolute atomic E-state index is 0.0322. The number of carbonyl (C=O) groups is 1. The van der Waals surface area contributed by atoms with Crippen LogP contribution in [0.3, 0.4) is 0 Å². The van der Waals surface area contributed by atoms with Crippen LogP contribution in [0.25, 0.3) is 22.6 Å². The summed E-state index contributed by atoms with van der Waals surface area (Å²) < 4.78 is 27.1. The highest BCUT2D eigenvalue weighted by Crippen LogP contribution is 2.43. The van der Waals surface area contributed by atoms with E-state index in [9.17, 15) is 9.90 Å². The van der Waals surface area contributed by atoms with Gasteiger partial charge in [-0.1, -0.05) is 6.07 Å². The molecule has 6 rings (SSSR count). The molecule has 7 nitrogen and oxygen atoms in total. The van der Waals surface area contributed by atoms with Crippen molar-refractivity contribution in [3.63, 3.8) is 0 Å². The van der Waals surface area contributed by atoms with Crippen LogP contribution >= 0.6 is 0 Å². The molecule has 0 bridgehead atoms. The van der Waals surface area contributed by atoms with Crippen LogP contribution in [0.1, 0.15) is 35.6 Å². The number of aromatic nitrogens is 1. The molecule has 1 aromatic heterocycles. The van der Waals surface area contributed by atoms with E-state index >= 15 is 4.39 Å². The fourth-order valence-electron chi connectivity index (χ4n) is 5.84. The number of rotatable bonds is 4. The fraction of sp³-hybridized carbons (Fsp3) is 0.462. The van der Waals surface area contributed by atoms with Crippen LogP contribution in [-0.2, 0) is 16.0 Å². The van der Waals surface area contributed by atoms with Gasteiger partial charge in [-0.2, -0.15) is 0 Å². The Balaban J connectivity index is 1.36. The highest BCUT2D eigenvalue weighted by atomic mass is 19.1. The largest absolute Gasteiger partial charge is 0.481 e. The number of benzene rings is 2. The molecule has 2 saturated heterocycles. The highest BCUT2D eigenvalue weighted by Gasteiger charge is 2.37. The number of oxazole rings is 1. The zero-order valence-corrected chi connectivity index (χ0v) is 19.2. The first kappa shape index (κ1) is 21.6. The molecule has 1 N–H and O–H groups in total.